The molecular weight excluding hydrogens is 256 g/mol. The van der Waals surface area contributed by atoms with Gasteiger partial charge in [0.15, 0.2) is 0 Å². The van der Waals surface area contributed by atoms with E-state index in [1.54, 1.807) is 0 Å². The normalized spacial score (nSPS) is 53.4. The second-order valence-corrected chi connectivity index (χ2v) is 8.16. The lowest BCUT2D eigenvalue weighted by molar-refractivity contribution is -0.159. The lowest BCUT2D eigenvalue weighted by Gasteiger charge is -2.31. The van der Waals surface area contributed by atoms with E-state index in [0.717, 1.165) is 12.8 Å². The molecule has 4 saturated carbocycles. The number of hydrogen-bond acceptors (Lipinski definition) is 4. The predicted octanol–water partition coefficient (Wildman–Crippen LogP) is 2.02. The third-order valence-electron chi connectivity index (χ3n) is 7.26. The summed E-state index contributed by atoms with van der Waals surface area (Å²) in [5, 5.41) is 0. The molecule has 0 N–H and O–H groups in total. The van der Waals surface area contributed by atoms with Crippen molar-refractivity contribution < 1.29 is 19.1 Å². The monoisotopic (exact) mass is 278 g/mol. The van der Waals surface area contributed by atoms with Crippen LogP contribution in [0.5, 0.6) is 0 Å². The highest BCUT2D eigenvalue weighted by Crippen LogP contribution is 3.03. The molecule has 0 aliphatic heterocycles. The molecule has 20 heavy (non-hydrogen) atoms. The molecule has 0 aromatic carbocycles. The van der Waals surface area contributed by atoms with E-state index in [1.807, 2.05) is 0 Å². The molecule has 0 heterocycles. The van der Waals surface area contributed by atoms with Gasteiger partial charge in [-0.25, -0.2) is 0 Å². The fourth-order valence-electron chi connectivity index (χ4n) is 7.00. The SMILES string of the molecule is COC(=O)C12CC3C4CC1(C(=O)OC)C2C34C(C)(C)C. The van der Waals surface area contributed by atoms with E-state index >= 15 is 0 Å². The first-order valence-electron chi connectivity index (χ1n) is 7.43. The lowest BCUT2D eigenvalue weighted by atomic mass is 9.73. The summed E-state index contributed by atoms with van der Waals surface area (Å²) in [4.78, 5) is 24.9. The van der Waals surface area contributed by atoms with E-state index in [-0.39, 0.29) is 28.7 Å². The Morgan fingerprint density at radius 2 is 1.35 bits per heavy atom. The molecule has 4 nitrogen and oxygen atoms in total. The Morgan fingerprint density at radius 3 is 1.65 bits per heavy atom. The molecule has 0 bridgehead atoms. The number of hydrogen-bond donors (Lipinski definition) is 0. The van der Waals surface area contributed by atoms with Gasteiger partial charge in [-0.2, -0.15) is 0 Å². The summed E-state index contributed by atoms with van der Waals surface area (Å²) < 4.78 is 10.1. The second kappa shape index (κ2) is 2.93. The number of fused-ring (bicyclic) bond motifs is 2. The summed E-state index contributed by atoms with van der Waals surface area (Å²) in [6, 6.07) is 0. The minimum atomic E-state index is -0.582. The summed E-state index contributed by atoms with van der Waals surface area (Å²) >= 11 is 0. The van der Waals surface area contributed by atoms with Crippen molar-refractivity contribution in [1.82, 2.24) is 0 Å². The maximum absolute atomic E-state index is 12.4. The summed E-state index contributed by atoms with van der Waals surface area (Å²) in [7, 11) is 2.86. The zero-order valence-electron chi connectivity index (χ0n) is 12.8. The van der Waals surface area contributed by atoms with Crippen molar-refractivity contribution in [2.24, 2.45) is 39.4 Å². The largest absolute Gasteiger partial charge is 0.469 e. The van der Waals surface area contributed by atoms with Crippen molar-refractivity contribution in [2.45, 2.75) is 33.6 Å². The number of carbonyl (C=O) groups excluding carboxylic acids is 2. The van der Waals surface area contributed by atoms with Gasteiger partial charge in [0, 0.05) is 5.92 Å². The quantitative estimate of drug-likeness (QED) is 0.725. The first kappa shape index (κ1) is 12.7. The third kappa shape index (κ3) is 0.809. The Balaban J connectivity index is 1.86. The molecule has 4 aliphatic rings. The minimum Gasteiger partial charge on any atom is -0.469 e. The van der Waals surface area contributed by atoms with Crippen LogP contribution < -0.4 is 0 Å². The van der Waals surface area contributed by atoms with Gasteiger partial charge in [0.05, 0.1) is 25.0 Å². The van der Waals surface area contributed by atoms with Gasteiger partial charge in [-0.1, -0.05) is 20.8 Å². The standard InChI is InChI=1S/C16H22O4/c1-13(2,3)16-8-6-14(11(17)19-4)10(16)15(14,7-9(8)16)12(18)20-5/h8-10H,6-7H2,1-5H3. The molecule has 4 unspecified atom stereocenters. The lowest BCUT2D eigenvalue weighted by Crippen LogP contribution is -2.35. The maximum atomic E-state index is 12.4. The van der Waals surface area contributed by atoms with Gasteiger partial charge in [-0.15, -0.1) is 0 Å². The van der Waals surface area contributed by atoms with Gasteiger partial charge in [0.1, 0.15) is 0 Å². The molecule has 0 aromatic heterocycles. The Hall–Kier alpha value is -1.06. The van der Waals surface area contributed by atoms with Gasteiger partial charge in [0.25, 0.3) is 0 Å². The zero-order chi connectivity index (χ0) is 14.7. The van der Waals surface area contributed by atoms with Crippen LogP contribution in [0.25, 0.3) is 0 Å². The molecular formula is C16H22O4. The number of esters is 2. The van der Waals surface area contributed by atoms with Crippen LogP contribution in [0.4, 0.5) is 0 Å². The highest BCUT2D eigenvalue weighted by molar-refractivity contribution is 5.99. The van der Waals surface area contributed by atoms with E-state index in [1.165, 1.54) is 14.2 Å². The number of rotatable bonds is 2. The molecule has 4 heteroatoms. The predicted molar refractivity (Wildman–Crippen MR) is 70.5 cm³/mol. The Labute approximate surface area is 119 Å². The van der Waals surface area contributed by atoms with Crippen molar-refractivity contribution in [3.05, 3.63) is 0 Å². The fraction of sp³-hybridized carbons (Fsp3) is 0.875. The Morgan fingerprint density at radius 1 is 0.950 bits per heavy atom. The minimum absolute atomic E-state index is 0.120. The molecule has 4 fully saturated rings. The van der Waals surface area contributed by atoms with Crippen molar-refractivity contribution in [3.8, 4) is 0 Å². The molecule has 0 saturated heterocycles. The van der Waals surface area contributed by atoms with E-state index in [4.69, 9.17) is 9.47 Å². The molecule has 4 atom stereocenters. The van der Waals surface area contributed by atoms with Crippen molar-refractivity contribution in [3.63, 3.8) is 0 Å². The number of carbonyl (C=O) groups is 2. The van der Waals surface area contributed by atoms with Crippen LogP contribution in [0.2, 0.25) is 0 Å². The summed E-state index contributed by atoms with van der Waals surface area (Å²) in [6.45, 7) is 6.75. The maximum Gasteiger partial charge on any atom is 0.313 e. The first-order valence-corrected chi connectivity index (χ1v) is 7.43. The molecule has 4 rings (SSSR count). The van der Waals surface area contributed by atoms with Crippen molar-refractivity contribution >= 4 is 11.9 Å². The second-order valence-electron chi connectivity index (χ2n) is 8.16. The Bertz CT molecular complexity index is 507. The number of ether oxygens (including phenoxy) is 2. The molecule has 110 valence electrons. The van der Waals surface area contributed by atoms with E-state index < -0.39 is 10.8 Å². The van der Waals surface area contributed by atoms with Gasteiger partial charge in [-0.3, -0.25) is 9.59 Å². The zero-order valence-corrected chi connectivity index (χ0v) is 12.8. The average Bonchev–Trinajstić information content (AvgIpc) is 3.13. The molecule has 0 aromatic rings. The van der Waals surface area contributed by atoms with E-state index in [9.17, 15) is 9.59 Å². The van der Waals surface area contributed by atoms with Crippen LogP contribution in [0, 0.1) is 39.4 Å². The highest BCUT2D eigenvalue weighted by Gasteiger charge is 3.05. The van der Waals surface area contributed by atoms with E-state index in [0.29, 0.717) is 11.8 Å². The average molecular weight is 278 g/mol. The van der Waals surface area contributed by atoms with Crippen molar-refractivity contribution in [2.75, 3.05) is 14.2 Å². The molecule has 4 aliphatic carbocycles. The van der Waals surface area contributed by atoms with Crippen LogP contribution >= 0.6 is 0 Å². The van der Waals surface area contributed by atoms with Crippen LogP contribution in [0.3, 0.4) is 0 Å². The topological polar surface area (TPSA) is 52.6 Å². The highest BCUT2D eigenvalue weighted by atomic mass is 16.5. The van der Waals surface area contributed by atoms with E-state index in [2.05, 4.69) is 20.8 Å². The van der Waals surface area contributed by atoms with Gasteiger partial charge in [-0.05, 0) is 35.5 Å². The summed E-state index contributed by atoms with van der Waals surface area (Å²) in [5.41, 5.74) is -0.895. The van der Waals surface area contributed by atoms with Gasteiger partial charge < -0.3 is 9.47 Å². The Kier molecular flexibility index (Phi) is 1.85. The van der Waals surface area contributed by atoms with Crippen LogP contribution in [-0.2, 0) is 19.1 Å². The molecule has 0 radical (unpaired) electrons. The molecule has 0 spiro atoms. The third-order valence-corrected chi connectivity index (χ3v) is 7.26. The van der Waals surface area contributed by atoms with Crippen molar-refractivity contribution in [1.29, 1.82) is 0 Å². The summed E-state index contributed by atoms with van der Waals surface area (Å²) in [6.07, 6.45) is 1.64. The van der Waals surface area contributed by atoms with Crippen LogP contribution in [0.1, 0.15) is 33.6 Å². The van der Waals surface area contributed by atoms with Gasteiger partial charge in [0.2, 0.25) is 0 Å². The van der Waals surface area contributed by atoms with Crippen LogP contribution in [-0.4, -0.2) is 26.2 Å². The summed E-state index contributed by atoms with van der Waals surface area (Å²) in [5.74, 6) is 0.943. The first-order chi connectivity index (χ1) is 9.26. The fourth-order valence-corrected chi connectivity index (χ4v) is 7.00. The number of methoxy groups -OCH3 is 2. The smallest absolute Gasteiger partial charge is 0.313 e. The molecule has 0 amide bonds. The van der Waals surface area contributed by atoms with Crippen LogP contribution in [0.15, 0.2) is 0 Å². The van der Waals surface area contributed by atoms with Gasteiger partial charge >= 0.3 is 11.9 Å².